The predicted octanol–water partition coefficient (Wildman–Crippen LogP) is 2.67. The van der Waals surface area contributed by atoms with E-state index >= 15 is 0 Å². The van der Waals surface area contributed by atoms with Gasteiger partial charge in [0.05, 0.1) is 12.2 Å². The van der Waals surface area contributed by atoms with Gasteiger partial charge in [-0.15, -0.1) is 0 Å². The number of esters is 1. The highest BCUT2D eigenvalue weighted by Crippen LogP contribution is 2.49. The van der Waals surface area contributed by atoms with Gasteiger partial charge in [0, 0.05) is 6.04 Å². The molecule has 0 radical (unpaired) electrons. The lowest BCUT2D eigenvalue weighted by atomic mass is 9.84. The number of benzene rings is 1. The Morgan fingerprint density at radius 1 is 1.20 bits per heavy atom. The first kappa shape index (κ1) is 17.9. The van der Waals surface area contributed by atoms with Crippen LogP contribution in [-0.4, -0.2) is 29.1 Å². The van der Waals surface area contributed by atoms with Crippen molar-refractivity contribution < 1.29 is 19.4 Å². The Bertz CT molecular complexity index is 627. The Kier molecular flexibility index (Phi) is 5.42. The summed E-state index contributed by atoms with van der Waals surface area (Å²) in [7, 11) is 0. The number of carbonyl (C=O) groups excluding carboxylic acids is 2. The molecular formula is C20H27NO4. The average molecular weight is 345 g/mol. The topological polar surface area (TPSA) is 75.6 Å². The number of hydrogen-bond donors (Lipinski definition) is 2. The molecule has 0 saturated heterocycles. The number of ether oxygens (including phenoxy) is 1. The number of fused-ring (bicyclic) bond motifs is 2. The Labute approximate surface area is 148 Å². The maximum atomic E-state index is 12.4. The molecule has 2 N–H and O–H groups in total. The van der Waals surface area contributed by atoms with E-state index < -0.39 is 12.1 Å². The summed E-state index contributed by atoms with van der Waals surface area (Å²) in [5, 5.41) is 12.1. The largest absolute Gasteiger partial charge is 0.449 e. The van der Waals surface area contributed by atoms with Crippen LogP contribution in [0.25, 0.3) is 0 Å². The lowest BCUT2D eigenvalue weighted by molar-refractivity contribution is -0.130. The highest BCUT2D eigenvalue weighted by atomic mass is 16.5. The van der Waals surface area contributed by atoms with E-state index in [1.54, 1.807) is 31.2 Å². The minimum absolute atomic E-state index is 0.0744. The van der Waals surface area contributed by atoms with E-state index in [0.29, 0.717) is 11.5 Å². The highest BCUT2D eigenvalue weighted by molar-refractivity contribution is 5.92. The van der Waals surface area contributed by atoms with Crippen molar-refractivity contribution in [3.8, 4) is 0 Å². The van der Waals surface area contributed by atoms with E-state index in [-0.39, 0.29) is 18.6 Å². The standard InChI is InChI=1S/C20H27NO4/c1-12(18-10-15-5-8-17(18)9-15)21-19(23)13(2)25-20(24)16-6-3-14(11-22)4-7-16/h3-4,6-7,12-13,15,17-18,22H,5,8-11H2,1-2H3,(H,21,23). The van der Waals surface area contributed by atoms with Gasteiger partial charge in [0.2, 0.25) is 0 Å². The number of carbonyl (C=O) groups is 2. The summed E-state index contributed by atoms with van der Waals surface area (Å²) in [6, 6.07) is 6.64. The van der Waals surface area contributed by atoms with Gasteiger partial charge in [-0.3, -0.25) is 4.79 Å². The van der Waals surface area contributed by atoms with Gasteiger partial charge in [-0.05, 0) is 68.6 Å². The second kappa shape index (κ2) is 7.56. The van der Waals surface area contributed by atoms with Crippen LogP contribution in [0.4, 0.5) is 0 Å². The van der Waals surface area contributed by atoms with Crippen molar-refractivity contribution in [3.05, 3.63) is 35.4 Å². The smallest absolute Gasteiger partial charge is 0.338 e. The molecule has 5 atom stereocenters. The lowest BCUT2D eigenvalue weighted by Crippen LogP contribution is -2.45. The van der Waals surface area contributed by atoms with Crippen molar-refractivity contribution in [1.82, 2.24) is 5.32 Å². The van der Waals surface area contributed by atoms with Crippen LogP contribution in [0.3, 0.4) is 0 Å². The third-order valence-electron chi connectivity index (χ3n) is 5.83. The Hall–Kier alpha value is -1.88. The number of aliphatic hydroxyl groups is 1. The molecule has 136 valence electrons. The Morgan fingerprint density at radius 3 is 2.48 bits per heavy atom. The fourth-order valence-electron chi connectivity index (χ4n) is 4.38. The van der Waals surface area contributed by atoms with E-state index in [1.807, 2.05) is 0 Å². The van der Waals surface area contributed by atoms with Gasteiger partial charge in [-0.1, -0.05) is 18.6 Å². The van der Waals surface area contributed by atoms with Gasteiger partial charge in [0.25, 0.3) is 5.91 Å². The number of amides is 1. The monoisotopic (exact) mass is 345 g/mol. The molecular weight excluding hydrogens is 318 g/mol. The third kappa shape index (κ3) is 4.03. The minimum Gasteiger partial charge on any atom is -0.449 e. The third-order valence-corrected chi connectivity index (χ3v) is 5.83. The summed E-state index contributed by atoms with van der Waals surface area (Å²) >= 11 is 0. The van der Waals surface area contributed by atoms with Crippen molar-refractivity contribution in [2.75, 3.05) is 0 Å². The van der Waals surface area contributed by atoms with Gasteiger partial charge >= 0.3 is 5.97 Å². The summed E-state index contributed by atoms with van der Waals surface area (Å²) in [6.45, 7) is 3.59. The highest BCUT2D eigenvalue weighted by Gasteiger charge is 2.42. The molecule has 2 fully saturated rings. The zero-order chi connectivity index (χ0) is 18.0. The fraction of sp³-hybridized carbons (Fsp3) is 0.600. The molecule has 0 aromatic heterocycles. The van der Waals surface area contributed by atoms with E-state index in [1.165, 1.54) is 25.7 Å². The molecule has 0 spiro atoms. The van der Waals surface area contributed by atoms with E-state index in [4.69, 9.17) is 9.84 Å². The fourth-order valence-corrected chi connectivity index (χ4v) is 4.38. The van der Waals surface area contributed by atoms with E-state index in [2.05, 4.69) is 12.2 Å². The van der Waals surface area contributed by atoms with Gasteiger partial charge < -0.3 is 15.2 Å². The quantitative estimate of drug-likeness (QED) is 0.777. The van der Waals surface area contributed by atoms with Crippen molar-refractivity contribution in [2.24, 2.45) is 17.8 Å². The lowest BCUT2D eigenvalue weighted by Gasteiger charge is -2.29. The van der Waals surface area contributed by atoms with Crippen molar-refractivity contribution in [1.29, 1.82) is 0 Å². The average Bonchev–Trinajstić information content (AvgIpc) is 3.25. The normalized spacial score (nSPS) is 26.9. The molecule has 5 nitrogen and oxygen atoms in total. The van der Waals surface area contributed by atoms with Crippen LogP contribution in [0.2, 0.25) is 0 Å². The zero-order valence-corrected chi connectivity index (χ0v) is 14.9. The molecule has 5 heteroatoms. The first-order valence-corrected chi connectivity index (χ1v) is 9.19. The van der Waals surface area contributed by atoms with Gasteiger partial charge in [0.15, 0.2) is 6.10 Å². The molecule has 2 aliphatic rings. The molecule has 1 aromatic carbocycles. The molecule has 2 aliphatic carbocycles. The molecule has 1 amide bonds. The number of rotatable bonds is 6. The van der Waals surface area contributed by atoms with Gasteiger partial charge in [-0.25, -0.2) is 4.79 Å². The first-order valence-electron chi connectivity index (χ1n) is 9.19. The van der Waals surface area contributed by atoms with E-state index in [9.17, 15) is 9.59 Å². The Balaban J connectivity index is 1.50. The van der Waals surface area contributed by atoms with Crippen LogP contribution < -0.4 is 5.32 Å². The van der Waals surface area contributed by atoms with Crippen LogP contribution >= 0.6 is 0 Å². The van der Waals surface area contributed by atoms with Gasteiger partial charge in [-0.2, -0.15) is 0 Å². The molecule has 0 aliphatic heterocycles. The van der Waals surface area contributed by atoms with Crippen LogP contribution in [0.1, 0.15) is 55.5 Å². The molecule has 25 heavy (non-hydrogen) atoms. The SMILES string of the molecule is CC(OC(=O)c1ccc(CO)cc1)C(=O)NC(C)C1CC2CCC1C2. The first-order chi connectivity index (χ1) is 12.0. The summed E-state index contributed by atoms with van der Waals surface area (Å²) in [5.41, 5.74) is 1.10. The summed E-state index contributed by atoms with van der Waals surface area (Å²) in [4.78, 5) is 24.5. The summed E-state index contributed by atoms with van der Waals surface area (Å²) in [6.07, 6.45) is 4.30. The zero-order valence-electron chi connectivity index (χ0n) is 14.9. The number of nitrogens with one attached hydrogen (secondary N) is 1. The van der Waals surface area contributed by atoms with E-state index in [0.717, 1.165) is 17.4 Å². The summed E-state index contributed by atoms with van der Waals surface area (Å²) in [5.74, 6) is 1.36. The maximum Gasteiger partial charge on any atom is 0.338 e. The number of aliphatic hydroxyl groups excluding tert-OH is 1. The Morgan fingerprint density at radius 2 is 1.92 bits per heavy atom. The molecule has 2 bridgehead atoms. The molecule has 3 rings (SSSR count). The molecule has 5 unspecified atom stereocenters. The van der Waals surface area contributed by atoms with Crippen LogP contribution in [0.5, 0.6) is 0 Å². The minimum atomic E-state index is -0.828. The molecule has 2 saturated carbocycles. The van der Waals surface area contributed by atoms with Gasteiger partial charge in [0.1, 0.15) is 0 Å². The molecule has 1 aromatic rings. The van der Waals surface area contributed by atoms with Crippen molar-refractivity contribution in [2.45, 2.75) is 58.3 Å². The number of hydrogen-bond acceptors (Lipinski definition) is 4. The maximum absolute atomic E-state index is 12.4. The van der Waals surface area contributed by atoms with Crippen molar-refractivity contribution in [3.63, 3.8) is 0 Å². The van der Waals surface area contributed by atoms with Crippen LogP contribution in [-0.2, 0) is 16.1 Å². The summed E-state index contributed by atoms with van der Waals surface area (Å²) < 4.78 is 5.28. The predicted molar refractivity (Wildman–Crippen MR) is 93.8 cm³/mol. The molecule has 0 heterocycles. The van der Waals surface area contributed by atoms with Crippen LogP contribution in [0, 0.1) is 17.8 Å². The second-order valence-corrected chi connectivity index (χ2v) is 7.54. The van der Waals surface area contributed by atoms with Crippen molar-refractivity contribution >= 4 is 11.9 Å². The van der Waals surface area contributed by atoms with Crippen LogP contribution in [0.15, 0.2) is 24.3 Å². The second-order valence-electron chi connectivity index (χ2n) is 7.54.